The van der Waals surface area contributed by atoms with Crippen molar-refractivity contribution in [3.8, 4) is 0 Å². The van der Waals surface area contributed by atoms with Gasteiger partial charge in [-0.3, -0.25) is 4.79 Å². The highest BCUT2D eigenvalue weighted by Gasteiger charge is 2.04. The van der Waals surface area contributed by atoms with Crippen LogP contribution in [0.4, 0.5) is 0 Å². The molecule has 0 aliphatic rings. The van der Waals surface area contributed by atoms with Crippen molar-refractivity contribution in [1.82, 2.24) is 20.3 Å². The van der Waals surface area contributed by atoms with Crippen LogP contribution in [-0.2, 0) is 22.6 Å². The number of carbonyl (C=O) groups is 1. The van der Waals surface area contributed by atoms with Gasteiger partial charge >= 0.3 is 0 Å². The number of nitrogens with zero attached hydrogens (tertiary/aromatic N) is 3. The van der Waals surface area contributed by atoms with Gasteiger partial charge in [0.25, 0.3) is 0 Å². The Bertz CT molecular complexity index is 364. The van der Waals surface area contributed by atoms with Crippen LogP contribution in [0, 0.1) is 0 Å². The van der Waals surface area contributed by atoms with E-state index in [0.29, 0.717) is 25.4 Å². The van der Waals surface area contributed by atoms with Crippen LogP contribution in [0.15, 0.2) is 6.20 Å². The normalized spacial score (nSPS) is 10.9. The summed E-state index contributed by atoms with van der Waals surface area (Å²) < 4.78 is 6.84. The molecule has 1 aromatic rings. The Kier molecular flexibility index (Phi) is 6.31. The largest absolute Gasteiger partial charge is 0.379 e. The van der Waals surface area contributed by atoms with E-state index in [-0.39, 0.29) is 18.6 Å². The summed E-state index contributed by atoms with van der Waals surface area (Å²) in [5, 5.41) is 10.4. The number of hydrogen-bond donors (Lipinski definition) is 2. The maximum absolute atomic E-state index is 11.5. The van der Waals surface area contributed by atoms with E-state index in [4.69, 9.17) is 10.5 Å². The third-order valence-electron chi connectivity index (χ3n) is 2.20. The molecule has 3 N–H and O–H groups in total. The van der Waals surface area contributed by atoms with Crippen molar-refractivity contribution in [2.45, 2.75) is 39.5 Å². The van der Waals surface area contributed by atoms with Crippen LogP contribution in [0.5, 0.6) is 0 Å². The van der Waals surface area contributed by atoms with Gasteiger partial charge in [0.2, 0.25) is 5.91 Å². The molecule has 0 atom stereocenters. The Balaban J connectivity index is 2.13. The first-order valence-corrected chi connectivity index (χ1v) is 6.09. The Labute approximate surface area is 107 Å². The van der Waals surface area contributed by atoms with Gasteiger partial charge in [0.15, 0.2) is 0 Å². The van der Waals surface area contributed by atoms with E-state index in [2.05, 4.69) is 15.6 Å². The van der Waals surface area contributed by atoms with E-state index in [9.17, 15) is 4.79 Å². The maximum atomic E-state index is 11.5. The van der Waals surface area contributed by atoms with Crippen LogP contribution >= 0.6 is 0 Å². The molecule has 1 rings (SSSR count). The van der Waals surface area contributed by atoms with Gasteiger partial charge < -0.3 is 15.8 Å². The van der Waals surface area contributed by atoms with Crippen LogP contribution in [0.2, 0.25) is 0 Å². The predicted molar refractivity (Wildman–Crippen MR) is 66.6 cm³/mol. The second kappa shape index (κ2) is 7.78. The van der Waals surface area contributed by atoms with E-state index in [1.54, 1.807) is 6.20 Å². The minimum atomic E-state index is -0.0898. The molecular weight excluding hydrogens is 234 g/mol. The van der Waals surface area contributed by atoms with Crippen LogP contribution in [0.3, 0.4) is 0 Å². The van der Waals surface area contributed by atoms with E-state index in [0.717, 1.165) is 6.42 Å². The smallest absolute Gasteiger partial charge is 0.241 e. The molecule has 0 saturated heterocycles. The third kappa shape index (κ3) is 5.74. The van der Waals surface area contributed by atoms with Gasteiger partial charge in [0.1, 0.15) is 6.54 Å². The lowest BCUT2D eigenvalue weighted by Gasteiger charge is -2.08. The van der Waals surface area contributed by atoms with Crippen LogP contribution in [0.25, 0.3) is 0 Å². The lowest BCUT2D eigenvalue weighted by atomic mass is 10.4. The summed E-state index contributed by atoms with van der Waals surface area (Å²) >= 11 is 0. The summed E-state index contributed by atoms with van der Waals surface area (Å²) in [6.07, 6.45) is 2.70. The SMILES string of the molecule is CC(C)OCCCNC(=O)Cn1cc(CN)nn1. The summed E-state index contributed by atoms with van der Waals surface area (Å²) in [5.74, 6) is -0.0898. The van der Waals surface area contributed by atoms with Crippen LogP contribution in [0.1, 0.15) is 26.0 Å². The van der Waals surface area contributed by atoms with E-state index in [1.165, 1.54) is 4.68 Å². The topological polar surface area (TPSA) is 95.1 Å². The fourth-order valence-electron chi connectivity index (χ4n) is 1.33. The number of ether oxygens (including phenoxy) is 1. The van der Waals surface area contributed by atoms with Crippen LogP contribution < -0.4 is 11.1 Å². The summed E-state index contributed by atoms with van der Waals surface area (Å²) in [6, 6.07) is 0. The summed E-state index contributed by atoms with van der Waals surface area (Å²) in [7, 11) is 0. The molecule has 7 nitrogen and oxygen atoms in total. The number of hydrogen-bond acceptors (Lipinski definition) is 5. The predicted octanol–water partition coefficient (Wildman–Crippen LogP) is -0.332. The molecule has 18 heavy (non-hydrogen) atoms. The molecule has 0 bridgehead atoms. The maximum Gasteiger partial charge on any atom is 0.241 e. The monoisotopic (exact) mass is 255 g/mol. The van der Waals surface area contributed by atoms with Crippen molar-refractivity contribution in [1.29, 1.82) is 0 Å². The molecule has 1 heterocycles. The van der Waals surface area contributed by atoms with Gasteiger partial charge in [-0.2, -0.15) is 0 Å². The van der Waals surface area contributed by atoms with E-state index in [1.807, 2.05) is 13.8 Å². The molecule has 0 saturated carbocycles. The van der Waals surface area contributed by atoms with Gasteiger partial charge in [0, 0.05) is 19.7 Å². The van der Waals surface area contributed by atoms with E-state index >= 15 is 0 Å². The second-order valence-corrected chi connectivity index (χ2v) is 4.23. The highest BCUT2D eigenvalue weighted by molar-refractivity contribution is 5.75. The van der Waals surface area contributed by atoms with Gasteiger partial charge in [-0.15, -0.1) is 5.10 Å². The minimum absolute atomic E-state index is 0.0898. The quantitative estimate of drug-likeness (QED) is 0.620. The highest BCUT2D eigenvalue weighted by Crippen LogP contribution is 1.91. The average Bonchev–Trinajstić information content (AvgIpc) is 2.76. The van der Waals surface area contributed by atoms with Gasteiger partial charge in [-0.1, -0.05) is 5.21 Å². The minimum Gasteiger partial charge on any atom is -0.379 e. The molecule has 0 radical (unpaired) electrons. The fourth-order valence-corrected chi connectivity index (χ4v) is 1.33. The standard InChI is InChI=1S/C11H21N5O2/c1-9(2)18-5-3-4-13-11(17)8-16-7-10(6-12)14-15-16/h7,9H,3-6,8,12H2,1-2H3,(H,13,17). The zero-order chi connectivity index (χ0) is 13.4. The zero-order valence-electron chi connectivity index (χ0n) is 10.9. The molecule has 1 amide bonds. The van der Waals surface area contributed by atoms with Crippen molar-refractivity contribution in [2.24, 2.45) is 5.73 Å². The molecule has 0 aliphatic heterocycles. The van der Waals surface area contributed by atoms with Gasteiger partial charge in [-0.05, 0) is 20.3 Å². The number of rotatable bonds is 8. The fraction of sp³-hybridized carbons (Fsp3) is 0.727. The Hall–Kier alpha value is -1.47. The van der Waals surface area contributed by atoms with Crippen LogP contribution in [-0.4, -0.2) is 40.2 Å². The molecule has 7 heteroatoms. The lowest BCUT2D eigenvalue weighted by Crippen LogP contribution is -2.29. The molecule has 0 fully saturated rings. The van der Waals surface area contributed by atoms with Crippen molar-refractivity contribution >= 4 is 5.91 Å². The van der Waals surface area contributed by atoms with Gasteiger partial charge in [-0.25, -0.2) is 4.68 Å². The second-order valence-electron chi connectivity index (χ2n) is 4.23. The average molecular weight is 255 g/mol. The molecule has 0 aromatic carbocycles. The van der Waals surface area contributed by atoms with Crippen molar-refractivity contribution in [3.05, 3.63) is 11.9 Å². The summed E-state index contributed by atoms with van der Waals surface area (Å²) in [4.78, 5) is 11.5. The Morgan fingerprint density at radius 3 is 3.00 bits per heavy atom. The molecule has 0 unspecified atom stereocenters. The van der Waals surface area contributed by atoms with Crippen molar-refractivity contribution in [3.63, 3.8) is 0 Å². The first-order valence-electron chi connectivity index (χ1n) is 6.09. The highest BCUT2D eigenvalue weighted by atomic mass is 16.5. The van der Waals surface area contributed by atoms with E-state index < -0.39 is 0 Å². The molecule has 0 aliphatic carbocycles. The molecule has 0 spiro atoms. The number of carbonyl (C=O) groups excluding carboxylic acids is 1. The van der Waals surface area contributed by atoms with Gasteiger partial charge in [0.05, 0.1) is 18.0 Å². The summed E-state index contributed by atoms with van der Waals surface area (Å²) in [6.45, 7) is 5.71. The third-order valence-corrected chi connectivity index (χ3v) is 2.20. The number of amides is 1. The summed E-state index contributed by atoms with van der Waals surface area (Å²) in [5.41, 5.74) is 6.08. The number of aromatic nitrogens is 3. The number of nitrogens with two attached hydrogens (primary N) is 1. The first kappa shape index (κ1) is 14.6. The molecule has 102 valence electrons. The molecular formula is C11H21N5O2. The molecule has 1 aromatic heterocycles. The van der Waals surface area contributed by atoms with Crippen molar-refractivity contribution < 1.29 is 9.53 Å². The Morgan fingerprint density at radius 2 is 2.39 bits per heavy atom. The zero-order valence-corrected chi connectivity index (χ0v) is 10.9. The van der Waals surface area contributed by atoms with Crippen molar-refractivity contribution in [2.75, 3.05) is 13.2 Å². The first-order chi connectivity index (χ1) is 8.61. The Morgan fingerprint density at radius 1 is 1.61 bits per heavy atom. The lowest BCUT2D eigenvalue weighted by molar-refractivity contribution is -0.121. The number of nitrogens with one attached hydrogen (secondary N) is 1.